The Morgan fingerprint density at radius 1 is 1.17 bits per heavy atom. The van der Waals surface area contributed by atoms with Gasteiger partial charge in [-0.15, -0.1) is 10.2 Å². The predicted octanol–water partition coefficient (Wildman–Crippen LogP) is 2.38. The lowest BCUT2D eigenvalue weighted by Crippen LogP contribution is -2.04. The molecule has 0 aliphatic carbocycles. The second kappa shape index (κ2) is 6.91. The fourth-order valence-corrected chi connectivity index (χ4v) is 2.97. The molecule has 0 aliphatic heterocycles. The van der Waals surface area contributed by atoms with Gasteiger partial charge in [-0.3, -0.25) is 0 Å². The molecule has 7 nitrogen and oxygen atoms in total. The number of aromatic nitrogens is 7. The van der Waals surface area contributed by atoms with Crippen molar-refractivity contribution < 1.29 is 0 Å². The number of rotatable bonds is 6. The van der Waals surface area contributed by atoms with Crippen LogP contribution in [0.15, 0.2) is 36.3 Å². The second-order valence-electron chi connectivity index (χ2n) is 5.50. The third kappa shape index (κ3) is 3.58. The number of hydrogen-bond donors (Lipinski definition) is 0. The van der Waals surface area contributed by atoms with Gasteiger partial charge in [-0.1, -0.05) is 25.6 Å². The van der Waals surface area contributed by atoms with Crippen LogP contribution in [0.4, 0.5) is 0 Å². The molecule has 8 heteroatoms. The molecule has 0 spiro atoms. The van der Waals surface area contributed by atoms with E-state index in [0.29, 0.717) is 5.92 Å². The normalized spacial score (nSPS) is 11.3. The Kier molecular flexibility index (Phi) is 4.71. The van der Waals surface area contributed by atoms with Crippen molar-refractivity contribution >= 4 is 11.8 Å². The van der Waals surface area contributed by atoms with E-state index in [4.69, 9.17) is 0 Å². The quantitative estimate of drug-likeness (QED) is 0.646. The van der Waals surface area contributed by atoms with Crippen LogP contribution in [0.25, 0.3) is 11.4 Å². The van der Waals surface area contributed by atoms with Crippen LogP contribution in [-0.2, 0) is 13.6 Å². The summed E-state index contributed by atoms with van der Waals surface area (Å²) in [7, 11) is 1.94. The predicted molar refractivity (Wildman–Crippen MR) is 89.1 cm³/mol. The molecule has 0 saturated heterocycles. The van der Waals surface area contributed by atoms with E-state index >= 15 is 0 Å². The fraction of sp³-hybridized carbons (Fsp3) is 0.400. The molecule has 120 valence electrons. The maximum atomic E-state index is 4.43. The van der Waals surface area contributed by atoms with Crippen molar-refractivity contribution in [3.8, 4) is 11.4 Å². The van der Waals surface area contributed by atoms with Crippen LogP contribution in [0.5, 0.6) is 0 Å². The van der Waals surface area contributed by atoms with Crippen LogP contribution in [0.1, 0.15) is 25.6 Å². The zero-order valence-electron chi connectivity index (χ0n) is 13.4. The lowest BCUT2D eigenvalue weighted by Gasteiger charge is -2.08. The van der Waals surface area contributed by atoms with Gasteiger partial charge in [-0.2, -0.15) is 0 Å². The molecular weight excluding hydrogens is 310 g/mol. The molecule has 0 radical (unpaired) electrons. The number of thioether (sulfide) groups is 1. The molecule has 23 heavy (non-hydrogen) atoms. The molecule has 3 aromatic rings. The van der Waals surface area contributed by atoms with Crippen LogP contribution in [0.2, 0.25) is 0 Å². The Balaban J connectivity index is 1.68. The van der Waals surface area contributed by atoms with Gasteiger partial charge in [0.05, 0.1) is 5.56 Å². The Bertz CT molecular complexity index is 760. The van der Waals surface area contributed by atoms with E-state index in [1.807, 2.05) is 30.2 Å². The van der Waals surface area contributed by atoms with Crippen LogP contribution in [0.3, 0.4) is 0 Å². The van der Waals surface area contributed by atoms with Crippen LogP contribution < -0.4 is 0 Å². The summed E-state index contributed by atoms with van der Waals surface area (Å²) >= 11 is 1.67. The molecule has 0 aromatic carbocycles. The van der Waals surface area contributed by atoms with Gasteiger partial charge in [0, 0.05) is 50.1 Å². The molecule has 0 bridgehead atoms. The zero-order valence-corrected chi connectivity index (χ0v) is 14.2. The molecule has 0 fully saturated rings. The van der Waals surface area contributed by atoms with Crippen molar-refractivity contribution in [2.24, 2.45) is 7.05 Å². The van der Waals surface area contributed by atoms with Crippen LogP contribution in [-0.4, -0.2) is 40.0 Å². The number of aryl methyl sites for hydroxylation is 2. The smallest absolute Gasteiger partial charge is 0.190 e. The largest absolute Gasteiger partial charge is 0.330 e. The molecular formula is C15H19N7S. The average Bonchev–Trinajstić information content (AvgIpc) is 3.17. The maximum absolute atomic E-state index is 4.43. The van der Waals surface area contributed by atoms with Gasteiger partial charge in [0.2, 0.25) is 0 Å². The molecule has 0 amide bonds. The van der Waals surface area contributed by atoms with E-state index in [2.05, 4.69) is 43.6 Å². The summed E-state index contributed by atoms with van der Waals surface area (Å²) in [4.78, 5) is 13.3. The van der Waals surface area contributed by atoms with Crippen molar-refractivity contribution in [1.29, 1.82) is 0 Å². The van der Waals surface area contributed by atoms with Gasteiger partial charge >= 0.3 is 0 Å². The topological polar surface area (TPSA) is 74.3 Å². The minimum Gasteiger partial charge on any atom is -0.330 e. The second-order valence-corrected chi connectivity index (χ2v) is 6.56. The number of imidazole rings is 1. The summed E-state index contributed by atoms with van der Waals surface area (Å²) < 4.78 is 4.02. The Hall–Kier alpha value is -2.22. The van der Waals surface area contributed by atoms with Gasteiger partial charge in [-0.25, -0.2) is 15.0 Å². The first-order chi connectivity index (χ1) is 11.1. The van der Waals surface area contributed by atoms with E-state index in [1.165, 1.54) is 0 Å². The molecule has 3 aromatic heterocycles. The van der Waals surface area contributed by atoms with Gasteiger partial charge < -0.3 is 9.13 Å². The number of nitrogens with zero attached hydrogens (tertiary/aromatic N) is 7. The van der Waals surface area contributed by atoms with Crippen molar-refractivity contribution in [3.05, 3.63) is 36.9 Å². The molecule has 3 rings (SSSR count). The Morgan fingerprint density at radius 2 is 1.96 bits per heavy atom. The summed E-state index contributed by atoms with van der Waals surface area (Å²) in [6.07, 6.45) is 9.17. The van der Waals surface area contributed by atoms with E-state index in [0.717, 1.165) is 34.7 Å². The van der Waals surface area contributed by atoms with Gasteiger partial charge in [0.25, 0.3) is 0 Å². The fourth-order valence-electron chi connectivity index (χ4n) is 2.14. The van der Waals surface area contributed by atoms with E-state index in [1.54, 1.807) is 24.3 Å². The van der Waals surface area contributed by atoms with E-state index in [9.17, 15) is 0 Å². The highest BCUT2D eigenvalue weighted by atomic mass is 32.2. The SMILES string of the molecule is CC(C)c1ncc(-c2nccn2CCSc2nncn2C)cn1. The molecule has 3 heterocycles. The summed E-state index contributed by atoms with van der Waals surface area (Å²) in [6, 6.07) is 0. The summed E-state index contributed by atoms with van der Waals surface area (Å²) in [6.45, 7) is 5.00. The lowest BCUT2D eigenvalue weighted by atomic mass is 10.2. The van der Waals surface area contributed by atoms with Crippen molar-refractivity contribution in [2.75, 3.05) is 5.75 Å². The summed E-state index contributed by atoms with van der Waals surface area (Å²) in [5, 5.41) is 8.87. The van der Waals surface area contributed by atoms with Crippen LogP contribution >= 0.6 is 11.8 Å². The van der Waals surface area contributed by atoms with Gasteiger partial charge in [0.1, 0.15) is 18.0 Å². The molecule has 0 N–H and O–H groups in total. The molecule has 0 atom stereocenters. The summed E-state index contributed by atoms with van der Waals surface area (Å²) in [5.74, 6) is 2.95. The van der Waals surface area contributed by atoms with Crippen molar-refractivity contribution in [1.82, 2.24) is 34.3 Å². The molecule has 0 unspecified atom stereocenters. The first-order valence-electron chi connectivity index (χ1n) is 7.45. The monoisotopic (exact) mass is 329 g/mol. The first kappa shape index (κ1) is 15.7. The standard InChI is InChI=1S/C15H19N7S/c1-11(2)13-17-8-12(9-18-13)14-16-4-5-22(14)6-7-23-15-20-19-10-21(15)3/h4-5,8-11H,6-7H2,1-3H3. The zero-order chi connectivity index (χ0) is 16.2. The number of hydrogen-bond acceptors (Lipinski definition) is 6. The highest BCUT2D eigenvalue weighted by molar-refractivity contribution is 7.99. The van der Waals surface area contributed by atoms with E-state index in [-0.39, 0.29) is 0 Å². The van der Waals surface area contributed by atoms with Crippen molar-refractivity contribution in [3.63, 3.8) is 0 Å². The van der Waals surface area contributed by atoms with Gasteiger partial charge in [-0.05, 0) is 0 Å². The molecule has 0 saturated carbocycles. The maximum Gasteiger partial charge on any atom is 0.190 e. The first-order valence-corrected chi connectivity index (χ1v) is 8.44. The summed E-state index contributed by atoms with van der Waals surface area (Å²) in [5.41, 5.74) is 0.933. The van der Waals surface area contributed by atoms with Gasteiger partial charge in [0.15, 0.2) is 5.16 Å². The third-order valence-corrected chi connectivity index (χ3v) is 4.41. The average molecular weight is 329 g/mol. The highest BCUT2D eigenvalue weighted by Crippen LogP contribution is 2.19. The van der Waals surface area contributed by atoms with E-state index < -0.39 is 0 Å². The van der Waals surface area contributed by atoms with Crippen molar-refractivity contribution in [2.45, 2.75) is 31.5 Å². The Morgan fingerprint density at radius 3 is 2.61 bits per heavy atom. The lowest BCUT2D eigenvalue weighted by molar-refractivity contribution is 0.757. The molecule has 0 aliphatic rings. The third-order valence-electron chi connectivity index (χ3n) is 3.40. The van der Waals surface area contributed by atoms with Crippen LogP contribution in [0, 0.1) is 0 Å². The highest BCUT2D eigenvalue weighted by Gasteiger charge is 2.09. The minimum atomic E-state index is 0.326. The minimum absolute atomic E-state index is 0.326. The Labute approximate surface area is 139 Å².